The summed E-state index contributed by atoms with van der Waals surface area (Å²) in [6, 6.07) is 4.08. The minimum absolute atomic E-state index is 0.284. The van der Waals surface area contributed by atoms with Crippen LogP contribution in [0.4, 0.5) is 11.9 Å². The van der Waals surface area contributed by atoms with Crippen LogP contribution < -0.4 is 15.4 Å². The summed E-state index contributed by atoms with van der Waals surface area (Å²) >= 11 is 0. The van der Waals surface area contributed by atoms with Crippen molar-refractivity contribution < 1.29 is 9.15 Å². The van der Waals surface area contributed by atoms with Gasteiger partial charge in [0.1, 0.15) is 5.76 Å². The number of nitrogens with one attached hydrogen (secondary N) is 2. The third-order valence-corrected chi connectivity index (χ3v) is 2.37. The largest absolute Gasteiger partial charge is 0.469 e. The molecule has 0 aliphatic heterocycles. The van der Waals surface area contributed by atoms with Crippen molar-refractivity contribution in [3.8, 4) is 6.01 Å². The normalized spacial score (nSPS) is 10.2. The fraction of sp³-hybridized carbons (Fsp3) is 0.417. The van der Waals surface area contributed by atoms with Crippen LogP contribution in [0.15, 0.2) is 22.8 Å². The second-order valence-electron chi connectivity index (χ2n) is 3.76. The first-order valence-electron chi connectivity index (χ1n) is 6.12. The Morgan fingerprint density at radius 3 is 2.63 bits per heavy atom. The number of nitrogens with zero attached hydrogens (tertiary/aromatic N) is 3. The van der Waals surface area contributed by atoms with Crippen LogP contribution in [-0.4, -0.2) is 35.2 Å². The smallest absolute Gasteiger partial charge is 0.322 e. The van der Waals surface area contributed by atoms with Crippen LogP contribution in [0.5, 0.6) is 6.01 Å². The van der Waals surface area contributed by atoms with Crippen molar-refractivity contribution in [2.45, 2.75) is 13.3 Å². The molecule has 7 heteroatoms. The molecule has 0 aromatic carbocycles. The average Bonchev–Trinajstić information content (AvgIpc) is 2.92. The maximum atomic E-state index is 5.25. The van der Waals surface area contributed by atoms with Crippen molar-refractivity contribution in [2.24, 2.45) is 0 Å². The van der Waals surface area contributed by atoms with Gasteiger partial charge in [0.05, 0.1) is 13.4 Å². The zero-order valence-corrected chi connectivity index (χ0v) is 11.0. The highest BCUT2D eigenvalue weighted by atomic mass is 16.5. The number of hydrogen-bond acceptors (Lipinski definition) is 7. The molecule has 0 unspecified atom stereocenters. The highest BCUT2D eigenvalue weighted by Crippen LogP contribution is 2.10. The SMILES string of the molecule is CCNc1nc(NCCc2ccco2)nc(OC)n1. The van der Waals surface area contributed by atoms with Crippen LogP contribution in [0.2, 0.25) is 0 Å². The molecule has 7 nitrogen and oxygen atoms in total. The van der Waals surface area contributed by atoms with Gasteiger partial charge in [0.25, 0.3) is 0 Å². The van der Waals surface area contributed by atoms with Crippen LogP contribution in [0.25, 0.3) is 0 Å². The molecule has 0 fully saturated rings. The van der Waals surface area contributed by atoms with Gasteiger partial charge in [-0.05, 0) is 19.1 Å². The lowest BCUT2D eigenvalue weighted by atomic mass is 10.3. The van der Waals surface area contributed by atoms with E-state index < -0.39 is 0 Å². The molecule has 0 spiro atoms. The first kappa shape index (κ1) is 13.1. The maximum Gasteiger partial charge on any atom is 0.322 e. The van der Waals surface area contributed by atoms with E-state index in [9.17, 15) is 0 Å². The molecule has 0 bridgehead atoms. The molecular weight excluding hydrogens is 246 g/mol. The summed E-state index contributed by atoms with van der Waals surface area (Å²) in [6.07, 6.45) is 2.42. The van der Waals surface area contributed by atoms with Crippen LogP contribution in [0, 0.1) is 0 Å². The van der Waals surface area contributed by atoms with Crippen molar-refractivity contribution in [1.29, 1.82) is 0 Å². The van der Waals surface area contributed by atoms with Crippen LogP contribution in [0.3, 0.4) is 0 Å². The summed E-state index contributed by atoms with van der Waals surface area (Å²) in [6.45, 7) is 3.38. The van der Waals surface area contributed by atoms with Gasteiger partial charge in [0.15, 0.2) is 0 Å². The Kier molecular flexibility index (Phi) is 4.54. The molecular formula is C12H17N5O2. The van der Waals surface area contributed by atoms with Crippen LogP contribution >= 0.6 is 0 Å². The Morgan fingerprint density at radius 1 is 1.21 bits per heavy atom. The summed E-state index contributed by atoms with van der Waals surface area (Å²) < 4.78 is 10.3. The van der Waals surface area contributed by atoms with E-state index in [1.165, 1.54) is 7.11 Å². The summed E-state index contributed by atoms with van der Waals surface area (Å²) in [4.78, 5) is 12.4. The van der Waals surface area contributed by atoms with E-state index >= 15 is 0 Å². The number of hydrogen-bond donors (Lipinski definition) is 2. The number of rotatable bonds is 7. The summed E-state index contributed by atoms with van der Waals surface area (Å²) in [7, 11) is 1.53. The lowest BCUT2D eigenvalue weighted by molar-refractivity contribution is 0.379. The number of ether oxygens (including phenoxy) is 1. The standard InChI is InChI=1S/C12H17N5O2/c1-3-13-10-15-11(17-12(16-10)18-2)14-7-6-9-5-4-8-19-9/h4-5,8H,3,6-7H2,1-2H3,(H2,13,14,15,16,17). The molecule has 0 saturated heterocycles. The zero-order valence-electron chi connectivity index (χ0n) is 11.0. The van der Waals surface area contributed by atoms with Gasteiger partial charge in [0.2, 0.25) is 11.9 Å². The van der Waals surface area contributed by atoms with E-state index in [1.807, 2.05) is 19.1 Å². The summed E-state index contributed by atoms with van der Waals surface area (Å²) in [5.41, 5.74) is 0. The fourth-order valence-corrected chi connectivity index (χ4v) is 1.52. The highest BCUT2D eigenvalue weighted by Gasteiger charge is 2.06. The molecule has 0 aliphatic carbocycles. The molecule has 0 aliphatic rings. The average molecular weight is 263 g/mol. The van der Waals surface area contributed by atoms with E-state index in [0.29, 0.717) is 18.4 Å². The first-order valence-corrected chi connectivity index (χ1v) is 6.12. The molecule has 2 heterocycles. The topological polar surface area (TPSA) is 85.1 Å². The third-order valence-electron chi connectivity index (χ3n) is 2.37. The predicted octanol–water partition coefficient (Wildman–Crippen LogP) is 1.56. The van der Waals surface area contributed by atoms with E-state index in [4.69, 9.17) is 9.15 Å². The molecule has 2 N–H and O–H groups in total. The van der Waals surface area contributed by atoms with Crippen molar-refractivity contribution in [3.05, 3.63) is 24.2 Å². The van der Waals surface area contributed by atoms with Gasteiger partial charge in [-0.15, -0.1) is 0 Å². The minimum Gasteiger partial charge on any atom is -0.469 e. The molecule has 0 amide bonds. The van der Waals surface area contributed by atoms with Gasteiger partial charge in [0, 0.05) is 19.5 Å². The van der Waals surface area contributed by atoms with Gasteiger partial charge in [-0.25, -0.2) is 0 Å². The predicted molar refractivity (Wildman–Crippen MR) is 71.4 cm³/mol. The minimum atomic E-state index is 0.284. The van der Waals surface area contributed by atoms with Gasteiger partial charge < -0.3 is 19.8 Å². The van der Waals surface area contributed by atoms with E-state index in [1.54, 1.807) is 6.26 Å². The van der Waals surface area contributed by atoms with Crippen molar-refractivity contribution in [3.63, 3.8) is 0 Å². The molecule has 102 valence electrons. The number of methoxy groups -OCH3 is 1. The Labute approximate surface area is 111 Å². The number of aromatic nitrogens is 3. The van der Waals surface area contributed by atoms with Crippen molar-refractivity contribution in [1.82, 2.24) is 15.0 Å². The van der Waals surface area contributed by atoms with Gasteiger partial charge in [-0.2, -0.15) is 15.0 Å². The summed E-state index contributed by atoms with van der Waals surface area (Å²) in [5, 5.41) is 6.14. The van der Waals surface area contributed by atoms with Crippen LogP contribution in [0.1, 0.15) is 12.7 Å². The molecule has 2 aromatic rings. The highest BCUT2D eigenvalue weighted by molar-refractivity contribution is 5.35. The second-order valence-corrected chi connectivity index (χ2v) is 3.76. The molecule has 0 atom stereocenters. The molecule has 2 aromatic heterocycles. The van der Waals surface area contributed by atoms with E-state index in [2.05, 4.69) is 25.6 Å². The van der Waals surface area contributed by atoms with Crippen molar-refractivity contribution >= 4 is 11.9 Å². The third kappa shape index (κ3) is 3.84. The molecule has 0 saturated carbocycles. The van der Waals surface area contributed by atoms with Gasteiger partial charge in [-0.3, -0.25) is 0 Å². The first-order chi connectivity index (χ1) is 9.31. The van der Waals surface area contributed by atoms with Gasteiger partial charge in [-0.1, -0.05) is 0 Å². The molecule has 19 heavy (non-hydrogen) atoms. The Balaban J connectivity index is 1.96. The molecule has 2 rings (SSSR count). The van der Waals surface area contributed by atoms with Gasteiger partial charge >= 0.3 is 6.01 Å². The quantitative estimate of drug-likeness (QED) is 0.784. The Bertz CT molecular complexity index is 501. The Morgan fingerprint density at radius 2 is 2.00 bits per heavy atom. The maximum absolute atomic E-state index is 5.25. The lowest BCUT2D eigenvalue weighted by Gasteiger charge is -2.07. The lowest BCUT2D eigenvalue weighted by Crippen LogP contribution is -2.11. The van der Waals surface area contributed by atoms with Crippen LogP contribution in [-0.2, 0) is 6.42 Å². The monoisotopic (exact) mass is 263 g/mol. The van der Waals surface area contributed by atoms with E-state index in [-0.39, 0.29) is 6.01 Å². The number of furan rings is 1. The Hall–Kier alpha value is -2.31. The van der Waals surface area contributed by atoms with Crippen molar-refractivity contribution in [2.75, 3.05) is 30.8 Å². The fourth-order valence-electron chi connectivity index (χ4n) is 1.52. The molecule has 0 radical (unpaired) electrons. The summed E-state index contributed by atoms with van der Waals surface area (Å²) in [5.74, 6) is 1.89. The van der Waals surface area contributed by atoms with E-state index in [0.717, 1.165) is 18.7 Å². The second kappa shape index (κ2) is 6.58. The number of anilines is 2. The zero-order chi connectivity index (χ0) is 13.5.